The van der Waals surface area contributed by atoms with Crippen molar-refractivity contribution in [2.45, 2.75) is 19.0 Å². The maximum absolute atomic E-state index is 12.4. The monoisotopic (exact) mass is 358 g/mol. The van der Waals surface area contributed by atoms with Crippen molar-refractivity contribution in [1.82, 2.24) is 15.2 Å². The third-order valence-corrected chi connectivity index (χ3v) is 4.80. The summed E-state index contributed by atoms with van der Waals surface area (Å²) >= 11 is 1.79. The van der Waals surface area contributed by atoms with Crippen molar-refractivity contribution in [3.63, 3.8) is 0 Å². The molecule has 5 nitrogen and oxygen atoms in total. The van der Waals surface area contributed by atoms with Gasteiger partial charge < -0.3 is 5.32 Å². The van der Waals surface area contributed by atoms with Crippen molar-refractivity contribution in [1.29, 1.82) is 0 Å². The summed E-state index contributed by atoms with van der Waals surface area (Å²) in [6.07, 6.45) is -4.03. The molecule has 1 amide bonds. The minimum absolute atomic E-state index is 0.112. The number of hydrogen-bond donors (Lipinski definition) is 1. The van der Waals surface area contributed by atoms with Gasteiger partial charge in [0.1, 0.15) is 0 Å². The smallest absolute Gasteiger partial charge is 0.301 e. The number of halogens is 3. The summed E-state index contributed by atoms with van der Waals surface area (Å²) in [6, 6.07) is 7.61. The molecule has 3 aromatic rings. The first-order valence-corrected chi connectivity index (χ1v) is 8.10. The van der Waals surface area contributed by atoms with E-state index in [0.29, 0.717) is 17.8 Å². The summed E-state index contributed by atoms with van der Waals surface area (Å²) in [7, 11) is 0. The highest BCUT2D eigenvalue weighted by atomic mass is 32.1. The second kappa shape index (κ2) is 6.20. The number of nitrogens with one attached hydrogen (secondary N) is 1. The van der Waals surface area contributed by atoms with Gasteiger partial charge in [0.05, 0.1) is 15.2 Å². The molecular weight excluding hydrogens is 349 g/mol. The van der Waals surface area contributed by atoms with E-state index in [1.165, 1.54) is 11.3 Å². The molecule has 1 N–H and O–H groups in total. The van der Waals surface area contributed by atoms with Crippen LogP contribution in [0.2, 0.25) is 0 Å². The van der Waals surface area contributed by atoms with Crippen LogP contribution in [-0.2, 0) is 17.4 Å². The first-order valence-electron chi connectivity index (χ1n) is 6.47. The van der Waals surface area contributed by atoms with E-state index in [-0.39, 0.29) is 11.6 Å². The van der Waals surface area contributed by atoms with Crippen molar-refractivity contribution in [2.24, 2.45) is 0 Å². The average Bonchev–Trinajstić information content (AvgIpc) is 3.10. The Bertz CT molecular complexity index is 810. The van der Waals surface area contributed by atoms with E-state index in [4.69, 9.17) is 0 Å². The van der Waals surface area contributed by atoms with Gasteiger partial charge in [-0.2, -0.15) is 13.2 Å². The number of hydrogen-bond acceptors (Lipinski definition) is 6. The molecule has 0 bridgehead atoms. The van der Waals surface area contributed by atoms with Crippen molar-refractivity contribution in [3.8, 4) is 0 Å². The summed E-state index contributed by atoms with van der Waals surface area (Å²) < 4.78 is 38.2. The minimum Gasteiger partial charge on any atom is -0.301 e. The predicted octanol–water partition coefficient (Wildman–Crippen LogP) is 3.74. The fourth-order valence-electron chi connectivity index (χ4n) is 1.82. The van der Waals surface area contributed by atoms with E-state index in [1.54, 1.807) is 0 Å². The SMILES string of the molecule is O=C(CCc1nc2ccccc2s1)Nc1nnc(C(F)(F)F)s1. The Kier molecular flexibility index (Phi) is 4.26. The van der Waals surface area contributed by atoms with E-state index in [2.05, 4.69) is 20.5 Å². The van der Waals surface area contributed by atoms with Gasteiger partial charge in [-0.25, -0.2) is 4.98 Å². The molecule has 0 spiro atoms. The van der Waals surface area contributed by atoms with Gasteiger partial charge in [-0.3, -0.25) is 4.79 Å². The van der Waals surface area contributed by atoms with Gasteiger partial charge in [0, 0.05) is 12.8 Å². The molecule has 10 heteroatoms. The Balaban J connectivity index is 1.58. The van der Waals surface area contributed by atoms with Crippen LogP contribution in [0.15, 0.2) is 24.3 Å². The largest absolute Gasteiger partial charge is 0.445 e. The topological polar surface area (TPSA) is 67.8 Å². The molecule has 0 saturated heterocycles. The third-order valence-electron chi connectivity index (χ3n) is 2.82. The van der Waals surface area contributed by atoms with Crippen LogP contribution in [0, 0.1) is 0 Å². The van der Waals surface area contributed by atoms with Crippen LogP contribution in [0.3, 0.4) is 0 Å². The number of aromatic nitrogens is 3. The Hall–Kier alpha value is -2.07. The molecule has 0 aliphatic rings. The quantitative estimate of drug-likeness (QED) is 0.771. The zero-order valence-electron chi connectivity index (χ0n) is 11.4. The Morgan fingerprint density at radius 2 is 1.96 bits per heavy atom. The van der Waals surface area contributed by atoms with Crippen LogP contribution in [0.4, 0.5) is 18.3 Å². The van der Waals surface area contributed by atoms with Gasteiger partial charge >= 0.3 is 6.18 Å². The number of fused-ring (bicyclic) bond motifs is 1. The number of carbonyl (C=O) groups is 1. The molecule has 0 aliphatic carbocycles. The molecule has 0 saturated carbocycles. The summed E-state index contributed by atoms with van der Waals surface area (Å²) in [5, 5.41) is 8.20. The normalized spacial score (nSPS) is 11.8. The molecule has 0 unspecified atom stereocenters. The molecule has 2 heterocycles. The lowest BCUT2D eigenvalue weighted by Crippen LogP contribution is -2.12. The first kappa shape index (κ1) is 15.8. The molecule has 0 atom stereocenters. The molecule has 120 valence electrons. The van der Waals surface area contributed by atoms with Crippen molar-refractivity contribution >= 4 is 43.9 Å². The number of rotatable bonds is 4. The van der Waals surface area contributed by atoms with E-state index < -0.39 is 17.1 Å². The molecule has 0 aliphatic heterocycles. The predicted molar refractivity (Wildman–Crippen MR) is 81.5 cm³/mol. The van der Waals surface area contributed by atoms with E-state index in [0.717, 1.165) is 15.2 Å². The van der Waals surface area contributed by atoms with Crippen LogP contribution < -0.4 is 5.32 Å². The van der Waals surface area contributed by atoms with E-state index in [1.807, 2.05) is 24.3 Å². The average molecular weight is 358 g/mol. The third kappa shape index (κ3) is 3.82. The van der Waals surface area contributed by atoms with Gasteiger partial charge in [-0.05, 0) is 12.1 Å². The summed E-state index contributed by atoms with van der Waals surface area (Å²) in [6.45, 7) is 0. The Morgan fingerprint density at radius 1 is 1.17 bits per heavy atom. The number of nitrogens with zero attached hydrogens (tertiary/aromatic N) is 3. The number of amides is 1. The van der Waals surface area contributed by atoms with Crippen molar-refractivity contribution < 1.29 is 18.0 Å². The van der Waals surface area contributed by atoms with Crippen LogP contribution >= 0.6 is 22.7 Å². The Labute approximate surface area is 136 Å². The number of aryl methyl sites for hydroxylation is 1. The highest BCUT2D eigenvalue weighted by molar-refractivity contribution is 7.18. The lowest BCUT2D eigenvalue weighted by molar-refractivity contribution is -0.138. The summed E-state index contributed by atoms with van der Waals surface area (Å²) in [4.78, 5) is 16.2. The van der Waals surface area contributed by atoms with E-state index >= 15 is 0 Å². The molecule has 23 heavy (non-hydrogen) atoms. The van der Waals surface area contributed by atoms with Gasteiger partial charge in [-0.15, -0.1) is 21.5 Å². The van der Waals surface area contributed by atoms with Crippen molar-refractivity contribution in [3.05, 3.63) is 34.3 Å². The van der Waals surface area contributed by atoms with Gasteiger partial charge in [-0.1, -0.05) is 23.5 Å². The second-order valence-corrected chi connectivity index (χ2v) is 6.63. The zero-order valence-corrected chi connectivity index (χ0v) is 13.1. The van der Waals surface area contributed by atoms with Crippen LogP contribution in [0.5, 0.6) is 0 Å². The fourth-order valence-corrected chi connectivity index (χ4v) is 3.41. The van der Waals surface area contributed by atoms with Crippen LogP contribution in [0.25, 0.3) is 10.2 Å². The number of thiazole rings is 1. The molecule has 3 rings (SSSR count). The second-order valence-electron chi connectivity index (χ2n) is 4.53. The lowest BCUT2D eigenvalue weighted by Gasteiger charge is -1.99. The summed E-state index contributed by atoms with van der Waals surface area (Å²) in [5.74, 6) is -0.422. The molecule has 2 aromatic heterocycles. The number of carbonyl (C=O) groups excluding carboxylic acids is 1. The molecule has 1 aromatic carbocycles. The minimum atomic E-state index is -4.55. The van der Waals surface area contributed by atoms with Gasteiger partial charge in [0.15, 0.2) is 0 Å². The van der Waals surface area contributed by atoms with Gasteiger partial charge in [0.2, 0.25) is 16.0 Å². The van der Waals surface area contributed by atoms with Gasteiger partial charge in [0.25, 0.3) is 0 Å². The highest BCUT2D eigenvalue weighted by Gasteiger charge is 2.35. The number of alkyl halides is 3. The highest BCUT2D eigenvalue weighted by Crippen LogP contribution is 2.33. The number of anilines is 1. The Morgan fingerprint density at radius 3 is 2.65 bits per heavy atom. The lowest BCUT2D eigenvalue weighted by atomic mass is 10.3. The first-order chi connectivity index (χ1) is 10.9. The number of benzene rings is 1. The maximum atomic E-state index is 12.4. The van der Waals surface area contributed by atoms with E-state index in [9.17, 15) is 18.0 Å². The number of para-hydroxylation sites is 1. The molecule has 0 fully saturated rings. The van der Waals surface area contributed by atoms with Crippen LogP contribution in [0.1, 0.15) is 16.4 Å². The van der Waals surface area contributed by atoms with Crippen LogP contribution in [-0.4, -0.2) is 21.1 Å². The fraction of sp³-hybridized carbons (Fsp3) is 0.231. The maximum Gasteiger partial charge on any atom is 0.445 e. The zero-order chi connectivity index (χ0) is 16.4. The molecular formula is C13H9F3N4OS2. The standard InChI is InChI=1S/C13H9F3N4OS2/c14-13(15,16)11-19-20-12(23-11)18-9(21)5-6-10-17-7-3-1-2-4-8(7)22-10/h1-4H,5-6H2,(H,18,20,21). The summed E-state index contributed by atoms with van der Waals surface area (Å²) in [5.41, 5.74) is 0.867. The molecule has 0 radical (unpaired) electrons. The van der Waals surface area contributed by atoms with Crippen molar-refractivity contribution in [2.75, 3.05) is 5.32 Å².